The lowest BCUT2D eigenvalue weighted by atomic mass is 10.0. The van der Waals surface area contributed by atoms with Gasteiger partial charge in [-0.1, -0.05) is 17.7 Å². The van der Waals surface area contributed by atoms with Crippen molar-refractivity contribution >= 4 is 27.7 Å². The van der Waals surface area contributed by atoms with Crippen molar-refractivity contribution in [3.63, 3.8) is 0 Å². The molecule has 2 aliphatic rings. The number of likely N-dealkylation sites (tertiary alicyclic amines) is 1. The number of likely N-dealkylation sites (N-methyl/N-ethyl adjacent to an activating group) is 1. The van der Waals surface area contributed by atoms with E-state index in [4.69, 9.17) is 4.74 Å². The zero-order valence-corrected chi connectivity index (χ0v) is 16.0. The van der Waals surface area contributed by atoms with Crippen molar-refractivity contribution in [1.29, 1.82) is 0 Å². The Morgan fingerprint density at radius 1 is 1.27 bits per heavy atom. The van der Waals surface area contributed by atoms with Crippen LogP contribution in [0.15, 0.2) is 24.3 Å². The molecule has 1 aromatic rings. The van der Waals surface area contributed by atoms with E-state index in [-0.39, 0.29) is 19.0 Å². The van der Waals surface area contributed by atoms with Crippen LogP contribution in [-0.2, 0) is 19.6 Å². The summed E-state index contributed by atoms with van der Waals surface area (Å²) in [7, 11) is -1.95. The monoisotopic (exact) mass is 381 g/mol. The minimum Gasteiger partial charge on any atom is -0.439 e. The minimum atomic E-state index is -3.61. The predicted octanol–water partition coefficient (Wildman–Crippen LogP) is 0.814. The highest BCUT2D eigenvalue weighted by molar-refractivity contribution is 7.92. The zero-order chi connectivity index (χ0) is 19.1. The molecule has 0 aliphatic carbocycles. The van der Waals surface area contributed by atoms with Crippen molar-refractivity contribution in [2.75, 3.05) is 43.8 Å². The quantitative estimate of drug-likeness (QED) is 0.770. The van der Waals surface area contributed by atoms with Crippen LogP contribution in [0.4, 0.5) is 10.5 Å². The first-order valence-electron chi connectivity index (χ1n) is 8.36. The molecule has 2 aliphatic heterocycles. The van der Waals surface area contributed by atoms with Crippen LogP contribution in [0.2, 0.25) is 0 Å². The second-order valence-electron chi connectivity index (χ2n) is 7.08. The van der Waals surface area contributed by atoms with Gasteiger partial charge < -0.3 is 14.5 Å². The second kappa shape index (κ2) is 6.46. The normalized spacial score (nSPS) is 22.8. The van der Waals surface area contributed by atoms with E-state index in [1.165, 1.54) is 4.90 Å². The number of hydrogen-bond acceptors (Lipinski definition) is 5. The maximum Gasteiger partial charge on any atom is 0.410 e. The lowest BCUT2D eigenvalue weighted by Gasteiger charge is -2.26. The second-order valence-corrected chi connectivity index (χ2v) is 8.98. The molecule has 1 aromatic carbocycles. The summed E-state index contributed by atoms with van der Waals surface area (Å²) in [6.45, 7) is 2.79. The molecule has 8 nitrogen and oxygen atoms in total. The van der Waals surface area contributed by atoms with Gasteiger partial charge in [0.25, 0.3) is 0 Å². The fourth-order valence-electron chi connectivity index (χ4n) is 3.40. The summed E-state index contributed by atoms with van der Waals surface area (Å²) < 4.78 is 30.9. The fraction of sp³-hybridized carbons (Fsp3) is 0.529. The van der Waals surface area contributed by atoms with Crippen LogP contribution in [0.1, 0.15) is 12.0 Å². The lowest BCUT2D eigenvalue weighted by molar-refractivity contribution is -0.129. The number of amides is 2. The number of carbonyl (C=O) groups excluding carboxylic acids is 2. The number of ether oxygens (including phenoxy) is 1. The van der Waals surface area contributed by atoms with E-state index in [2.05, 4.69) is 0 Å². The Bertz CT molecular complexity index is 823. The number of hydrogen-bond donors (Lipinski definition) is 0. The highest BCUT2D eigenvalue weighted by atomic mass is 32.2. The summed E-state index contributed by atoms with van der Waals surface area (Å²) in [4.78, 5) is 27.4. The summed E-state index contributed by atoms with van der Waals surface area (Å²) in [6, 6.07) is 6.97. The van der Waals surface area contributed by atoms with E-state index in [1.54, 1.807) is 36.2 Å². The molecule has 0 aromatic heterocycles. The number of sulfonamides is 1. The van der Waals surface area contributed by atoms with Crippen LogP contribution in [0.25, 0.3) is 0 Å². The van der Waals surface area contributed by atoms with Gasteiger partial charge in [-0.25, -0.2) is 13.2 Å². The SMILES string of the molecule is Cc1ccc(N(CC(=O)N2CC[C@]3(CN(C)C(=O)O3)C2)S(C)(=O)=O)cc1. The molecule has 0 unspecified atom stereocenters. The molecule has 0 N–H and O–H groups in total. The maximum absolute atomic E-state index is 12.7. The van der Waals surface area contributed by atoms with Crippen molar-refractivity contribution in [3.05, 3.63) is 29.8 Å². The van der Waals surface area contributed by atoms with Gasteiger partial charge in [0.2, 0.25) is 15.9 Å². The van der Waals surface area contributed by atoms with E-state index >= 15 is 0 Å². The van der Waals surface area contributed by atoms with Crippen LogP contribution >= 0.6 is 0 Å². The van der Waals surface area contributed by atoms with Gasteiger partial charge in [-0.15, -0.1) is 0 Å². The summed E-state index contributed by atoms with van der Waals surface area (Å²) in [5.74, 6) is -0.307. The van der Waals surface area contributed by atoms with E-state index < -0.39 is 21.7 Å². The Labute approximate surface area is 153 Å². The van der Waals surface area contributed by atoms with E-state index in [0.29, 0.717) is 25.2 Å². The van der Waals surface area contributed by atoms with Gasteiger partial charge >= 0.3 is 6.09 Å². The molecule has 3 rings (SSSR count). The number of benzene rings is 1. The Morgan fingerprint density at radius 3 is 2.46 bits per heavy atom. The molecule has 2 heterocycles. The molecule has 1 atom stereocenters. The average molecular weight is 381 g/mol. The summed E-state index contributed by atoms with van der Waals surface area (Å²) in [5.41, 5.74) is 0.774. The largest absolute Gasteiger partial charge is 0.439 e. The van der Waals surface area contributed by atoms with Crippen LogP contribution in [0.3, 0.4) is 0 Å². The molecule has 2 saturated heterocycles. The Hall–Kier alpha value is -2.29. The maximum atomic E-state index is 12.7. The van der Waals surface area contributed by atoms with Gasteiger partial charge in [0, 0.05) is 20.0 Å². The predicted molar refractivity (Wildman–Crippen MR) is 96.4 cm³/mol. The Kier molecular flexibility index (Phi) is 4.60. The Balaban J connectivity index is 1.73. The summed E-state index contributed by atoms with van der Waals surface area (Å²) >= 11 is 0. The van der Waals surface area contributed by atoms with Crippen LogP contribution in [-0.4, -0.2) is 75.3 Å². The summed E-state index contributed by atoms with van der Waals surface area (Å²) in [5, 5.41) is 0. The number of rotatable bonds is 4. The Morgan fingerprint density at radius 2 is 1.92 bits per heavy atom. The molecular formula is C17H23N3O5S. The standard InChI is InChI=1S/C17H23N3O5S/c1-13-4-6-14(7-5-13)20(26(3,23)24)10-15(21)19-9-8-17(12-19)11-18(2)16(22)25-17/h4-7H,8-12H2,1-3H3/t17-/m0/s1. The molecule has 0 radical (unpaired) electrons. The van der Waals surface area contributed by atoms with Crippen molar-refractivity contribution < 1.29 is 22.7 Å². The number of carbonyl (C=O) groups is 2. The third-order valence-electron chi connectivity index (χ3n) is 4.81. The molecule has 0 bridgehead atoms. The van der Waals surface area contributed by atoms with E-state index in [0.717, 1.165) is 16.1 Å². The first-order chi connectivity index (χ1) is 12.1. The van der Waals surface area contributed by atoms with E-state index in [9.17, 15) is 18.0 Å². The van der Waals surface area contributed by atoms with Crippen molar-refractivity contribution in [1.82, 2.24) is 9.80 Å². The molecule has 1 spiro atoms. The molecule has 2 fully saturated rings. The smallest absolute Gasteiger partial charge is 0.410 e. The minimum absolute atomic E-state index is 0.276. The first kappa shape index (κ1) is 18.5. The topological polar surface area (TPSA) is 87.2 Å². The van der Waals surface area contributed by atoms with Gasteiger partial charge in [-0.2, -0.15) is 0 Å². The van der Waals surface area contributed by atoms with Gasteiger partial charge in [-0.05, 0) is 19.1 Å². The van der Waals surface area contributed by atoms with Crippen molar-refractivity contribution in [2.24, 2.45) is 0 Å². The van der Waals surface area contributed by atoms with Crippen molar-refractivity contribution in [3.8, 4) is 0 Å². The number of aryl methyl sites for hydroxylation is 1. The van der Waals surface area contributed by atoms with Crippen LogP contribution < -0.4 is 4.31 Å². The van der Waals surface area contributed by atoms with Crippen LogP contribution in [0.5, 0.6) is 0 Å². The van der Waals surface area contributed by atoms with Crippen molar-refractivity contribution in [2.45, 2.75) is 18.9 Å². The molecule has 26 heavy (non-hydrogen) atoms. The van der Waals surface area contributed by atoms with E-state index in [1.807, 2.05) is 6.92 Å². The lowest BCUT2D eigenvalue weighted by Crippen LogP contribution is -2.44. The zero-order valence-electron chi connectivity index (χ0n) is 15.1. The summed E-state index contributed by atoms with van der Waals surface area (Å²) in [6.07, 6.45) is 1.24. The first-order valence-corrected chi connectivity index (χ1v) is 10.2. The fourth-order valence-corrected chi connectivity index (χ4v) is 4.25. The highest BCUT2D eigenvalue weighted by Crippen LogP contribution is 2.32. The molecule has 142 valence electrons. The van der Waals surface area contributed by atoms with Crippen LogP contribution in [0, 0.1) is 6.92 Å². The molecule has 9 heteroatoms. The third kappa shape index (κ3) is 3.62. The molecule has 2 amide bonds. The highest BCUT2D eigenvalue weighted by Gasteiger charge is 2.49. The van der Waals surface area contributed by atoms with Gasteiger partial charge in [0.1, 0.15) is 6.54 Å². The number of anilines is 1. The van der Waals surface area contributed by atoms with Gasteiger partial charge in [0.05, 0.1) is 25.0 Å². The average Bonchev–Trinajstić information content (AvgIpc) is 3.08. The third-order valence-corrected chi connectivity index (χ3v) is 5.95. The number of nitrogens with zero attached hydrogens (tertiary/aromatic N) is 3. The molecule has 0 saturated carbocycles. The van der Waals surface area contributed by atoms with Gasteiger partial charge in [-0.3, -0.25) is 9.10 Å². The van der Waals surface area contributed by atoms with Gasteiger partial charge in [0.15, 0.2) is 5.60 Å². The molecular weight excluding hydrogens is 358 g/mol.